The van der Waals surface area contributed by atoms with Crippen molar-refractivity contribution in [3.63, 3.8) is 0 Å². The highest BCUT2D eigenvalue weighted by atomic mass is 32.2. The van der Waals surface area contributed by atoms with E-state index in [-0.39, 0.29) is 30.0 Å². The minimum absolute atomic E-state index is 0.00462. The van der Waals surface area contributed by atoms with Crippen LogP contribution in [0.15, 0.2) is 34.3 Å². The Morgan fingerprint density at radius 1 is 1.18 bits per heavy atom. The number of methoxy groups -OCH3 is 1. The highest BCUT2D eigenvalue weighted by molar-refractivity contribution is 7.99. The standard InChI is InChI=1S/C26H41NO6S/c1-18(2)33-26(30)12-7-5-4-6-11-23-22(24(27-31)16-25(23)29)14-13-19(28)17-34-21-10-8-9-20(15-21)32-3/h8-10,15,18-19,22-25,28-29H,4-7,11-14,16-17H2,1-3H3/t19-,22-,23-,24?,25+/m1/s1. The summed E-state index contributed by atoms with van der Waals surface area (Å²) in [5.74, 6) is 1.24. The molecule has 0 saturated heterocycles. The Morgan fingerprint density at radius 3 is 2.65 bits per heavy atom. The monoisotopic (exact) mass is 495 g/mol. The van der Waals surface area contributed by atoms with E-state index in [0.717, 1.165) is 42.7 Å². The third-order valence-corrected chi connectivity index (χ3v) is 7.65. The number of carbonyl (C=O) groups is 1. The van der Waals surface area contributed by atoms with Crippen LogP contribution in [-0.2, 0) is 9.53 Å². The van der Waals surface area contributed by atoms with Gasteiger partial charge in [-0.2, -0.15) is 4.91 Å². The average molecular weight is 496 g/mol. The molecule has 1 aliphatic carbocycles. The van der Waals surface area contributed by atoms with Crippen LogP contribution >= 0.6 is 11.8 Å². The molecule has 5 atom stereocenters. The predicted molar refractivity (Wildman–Crippen MR) is 135 cm³/mol. The molecular weight excluding hydrogens is 454 g/mol. The first-order chi connectivity index (χ1) is 16.3. The minimum atomic E-state index is -0.517. The maximum absolute atomic E-state index is 11.6. The Hall–Kier alpha value is -1.64. The van der Waals surface area contributed by atoms with Crippen molar-refractivity contribution in [3.8, 4) is 5.75 Å². The summed E-state index contributed by atoms with van der Waals surface area (Å²) in [5, 5.41) is 24.4. The fourth-order valence-corrected chi connectivity index (χ4v) is 5.70. The molecule has 34 heavy (non-hydrogen) atoms. The summed E-state index contributed by atoms with van der Waals surface area (Å²) in [7, 11) is 1.63. The first-order valence-corrected chi connectivity index (χ1v) is 13.5. The summed E-state index contributed by atoms with van der Waals surface area (Å²) < 4.78 is 10.4. The van der Waals surface area contributed by atoms with Gasteiger partial charge in [0.2, 0.25) is 0 Å². The molecule has 8 heteroatoms. The van der Waals surface area contributed by atoms with E-state index in [1.807, 2.05) is 38.1 Å². The number of nitroso groups, excluding NO2 is 1. The van der Waals surface area contributed by atoms with E-state index in [1.54, 1.807) is 18.9 Å². The molecular formula is C26H41NO6S. The first-order valence-electron chi connectivity index (χ1n) is 12.5. The van der Waals surface area contributed by atoms with E-state index in [0.29, 0.717) is 31.4 Å². The maximum Gasteiger partial charge on any atom is 0.306 e. The number of ether oxygens (including phenoxy) is 2. The van der Waals surface area contributed by atoms with Crippen molar-refractivity contribution in [2.24, 2.45) is 17.0 Å². The van der Waals surface area contributed by atoms with Crippen LogP contribution in [0.3, 0.4) is 0 Å². The van der Waals surface area contributed by atoms with Gasteiger partial charge in [-0.25, -0.2) is 0 Å². The Labute approximate surface area is 208 Å². The highest BCUT2D eigenvalue weighted by Crippen LogP contribution is 2.41. The lowest BCUT2D eigenvalue weighted by Gasteiger charge is -2.24. The minimum Gasteiger partial charge on any atom is -0.497 e. The molecule has 0 radical (unpaired) electrons. The van der Waals surface area contributed by atoms with Gasteiger partial charge in [0.05, 0.1) is 31.5 Å². The zero-order valence-electron chi connectivity index (χ0n) is 20.7. The van der Waals surface area contributed by atoms with Crippen LogP contribution in [0, 0.1) is 16.7 Å². The van der Waals surface area contributed by atoms with Crippen molar-refractivity contribution in [1.29, 1.82) is 0 Å². The van der Waals surface area contributed by atoms with Gasteiger partial charge in [-0.1, -0.05) is 30.5 Å². The molecule has 7 nitrogen and oxygen atoms in total. The predicted octanol–water partition coefficient (Wildman–Crippen LogP) is 5.35. The van der Waals surface area contributed by atoms with Gasteiger partial charge in [-0.15, -0.1) is 11.8 Å². The van der Waals surface area contributed by atoms with Gasteiger partial charge in [0.25, 0.3) is 0 Å². The molecule has 0 amide bonds. The molecule has 0 heterocycles. The molecule has 1 aliphatic rings. The largest absolute Gasteiger partial charge is 0.497 e. The Kier molecular flexibility index (Phi) is 12.9. The van der Waals surface area contributed by atoms with Gasteiger partial charge < -0.3 is 19.7 Å². The highest BCUT2D eigenvalue weighted by Gasteiger charge is 2.42. The molecule has 2 N–H and O–H groups in total. The molecule has 0 bridgehead atoms. The number of hydrogen-bond donors (Lipinski definition) is 2. The third kappa shape index (κ3) is 9.92. The van der Waals surface area contributed by atoms with Gasteiger partial charge in [-0.05, 0) is 76.0 Å². The summed E-state index contributed by atoms with van der Waals surface area (Å²) in [5.41, 5.74) is 0. The number of nitrogens with zero attached hydrogens (tertiary/aromatic N) is 1. The molecule has 0 aliphatic heterocycles. The second-order valence-corrected chi connectivity index (χ2v) is 10.6. The fourth-order valence-electron chi connectivity index (χ4n) is 4.78. The molecule has 1 fully saturated rings. The van der Waals surface area contributed by atoms with Crippen molar-refractivity contribution < 1.29 is 24.5 Å². The number of carbonyl (C=O) groups excluding carboxylic acids is 1. The molecule has 1 unspecified atom stereocenters. The van der Waals surface area contributed by atoms with E-state index in [2.05, 4.69) is 5.18 Å². The van der Waals surface area contributed by atoms with Crippen LogP contribution in [0.2, 0.25) is 0 Å². The average Bonchev–Trinajstić information content (AvgIpc) is 3.12. The molecule has 1 aromatic carbocycles. The topological polar surface area (TPSA) is 105 Å². The van der Waals surface area contributed by atoms with Crippen molar-refractivity contribution in [3.05, 3.63) is 29.2 Å². The lowest BCUT2D eigenvalue weighted by Crippen LogP contribution is -2.23. The zero-order chi connectivity index (χ0) is 24.9. The Bertz CT molecular complexity index is 746. The summed E-state index contributed by atoms with van der Waals surface area (Å²) in [4.78, 5) is 24.0. The summed E-state index contributed by atoms with van der Waals surface area (Å²) in [6.45, 7) is 3.70. The van der Waals surface area contributed by atoms with E-state index in [9.17, 15) is 19.9 Å². The van der Waals surface area contributed by atoms with Crippen molar-refractivity contribution >= 4 is 17.7 Å². The Morgan fingerprint density at radius 2 is 1.94 bits per heavy atom. The van der Waals surface area contributed by atoms with Crippen molar-refractivity contribution in [2.45, 2.75) is 101 Å². The number of rotatable bonds is 16. The van der Waals surface area contributed by atoms with Crippen LogP contribution < -0.4 is 4.74 Å². The fraction of sp³-hybridized carbons (Fsp3) is 0.731. The van der Waals surface area contributed by atoms with Crippen LogP contribution in [-0.4, -0.2) is 53.4 Å². The summed E-state index contributed by atoms with van der Waals surface area (Å²) >= 11 is 1.58. The van der Waals surface area contributed by atoms with E-state index in [4.69, 9.17) is 9.47 Å². The molecule has 192 valence electrons. The first kappa shape index (κ1) is 28.6. The lowest BCUT2D eigenvalue weighted by molar-refractivity contribution is -0.147. The summed E-state index contributed by atoms with van der Waals surface area (Å²) in [6, 6.07) is 7.36. The van der Waals surface area contributed by atoms with E-state index in [1.165, 1.54) is 0 Å². The summed E-state index contributed by atoms with van der Waals surface area (Å²) in [6.07, 6.45) is 5.52. The van der Waals surface area contributed by atoms with Crippen LogP contribution in [0.4, 0.5) is 0 Å². The van der Waals surface area contributed by atoms with Crippen molar-refractivity contribution in [1.82, 2.24) is 0 Å². The molecule has 2 rings (SSSR count). The third-order valence-electron chi connectivity index (χ3n) is 6.51. The SMILES string of the molecule is COc1cccc(SC[C@H](O)CC[C@H]2C(N=O)C[C@H](O)[C@@H]2CCCCCCC(=O)OC(C)C)c1. The normalized spacial score (nSPS) is 23.1. The number of aliphatic hydroxyl groups excluding tert-OH is 2. The molecule has 0 spiro atoms. The van der Waals surface area contributed by atoms with Gasteiger partial charge in [0.1, 0.15) is 5.75 Å². The van der Waals surface area contributed by atoms with Crippen molar-refractivity contribution in [2.75, 3.05) is 12.9 Å². The van der Waals surface area contributed by atoms with E-state index >= 15 is 0 Å². The second-order valence-electron chi connectivity index (χ2n) is 9.52. The van der Waals surface area contributed by atoms with Gasteiger partial charge in [0.15, 0.2) is 0 Å². The number of hydrogen-bond acceptors (Lipinski definition) is 8. The molecule has 1 aromatic rings. The quantitative estimate of drug-likeness (QED) is 0.138. The molecule has 1 saturated carbocycles. The van der Waals surface area contributed by atoms with Crippen LogP contribution in [0.1, 0.15) is 71.6 Å². The number of thioether (sulfide) groups is 1. The second kappa shape index (κ2) is 15.4. The number of unbranched alkanes of at least 4 members (excludes halogenated alkanes) is 3. The Balaban J connectivity index is 1.73. The van der Waals surface area contributed by atoms with E-state index < -0.39 is 12.2 Å². The number of esters is 1. The van der Waals surface area contributed by atoms with Crippen LogP contribution in [0.25, 0.3) is 0 Å². The van der Waals surface area contributed by atoms with Gasteiger partial charge in [0, 0.05) is 17.1 Å². The van der Waals surface area contributed by atoms with Gasteiger partial charge in [-0.3, -0.25) is 4.79 Å². The lowest BCUT2D eigenvalue weighted by atomic mass is 9.84. The van der Waals surface area contributed by atoms with Gasteiger partial charge >= 0.3 is 5.97 Å². The smallest absolute Gasteiger partial charge is 0.306 e. The zero-order valence-corrected chi connectivity index (χ0v) is 21.5. The number of aliphatic hydroxyl groups is 2. The maximum atomic E-state index is 11.6. The van der Waals surface area contributed by atoms with Crippen LogP contribution in [0.5, 0.6) is 5.75 Å². The number of benzene rings is 1. The molecule has 0 aromatic heterocycles.